The molecule has 2 aromatic rings. The van der Waals surface area contributed by atoms with Crippen LogP contribution in [-0.4, -0.2) is 60.0 Å². The molecule has 3 heterocycles. The molecule has 0 radical (unpaired) electrons. The third-order valence-electron chi connectivity index (χ3n) is 5.35. The molecule has 0 spiro atoms. The van der Waals surface area contributed by atoms with Crippen molar-refractivity contribution >= 4 is 22.4 Å². The monoisotopic (exact) mass is 370 g/mol. The number of hydrogen-bond donors (Lipinski definition) is 0. The summed E-state index contributed by atoms with van der Waals surface area (Å²) in [6.45, 7) is 8.82. The Morgan fingerprint density at radius 1 is 1.12 bits per heavy atom. The van der Waals surface area contributed by atoms with Crippen LogP contribution in [0.25, 0.3) is 0 Å². The molecule has 0 unspecified atom stereocenters. The molecular formula is C20H26N4OS. The number of carbonyl (C=O) groups excluding carboxylic acids is 1. The van der Waals surface area contributed by atoms with Gasteiger partial charge in [-0.1, -0.05) is 37.3 Å². The molecule has 2 aliphatic heterocycles. The van der Waals surface area contributed by atoms with Crippen LogP contribution in [0.5, 0.6) is 0 Å². The molecule has 4 rings (SSSR count). The van der Waals surface area contributed by atoms with E-state index in [0.29, 0.717) is 6.42 Å². The first-order valence-corrected chi connectivity index (χ1v) is 10.3. The highest BCUT2D eigenvalue weighted by molar-refractivity contribution is 7.15. The Labute approximate surface area is 159 Å². The Kier molecular flexibility index (Phi) is 5.22. The molecule has 1 saturated heterocycles. The first-order valence-electron chi connectivity index (χ1n) is 9.50. The number of hydrogen-bond acceptors (Lipinski definition) is 5. The van der Waals surface area contributed by atoms with Crippen LogP contribution in [0, 0.1) is 0 Å². The molecule has 1 amide bonds. The van der Waals surface area contributed by atoms with Gasteiger partial charge in [-0.15, -0.1) is 11.3 Å². The molecular weight excluding hydrogens is 344 g/mol. The van der Waals surface area contributed by atoms with Crippen molar-refractivity contribution in [1.29, 1.82) is 0 Å². The number of nitrogens with zero attached hydrogens (tertiary/aromatic N) is 4. The average molecular weight is 371 g/mol. The number of likely N-dealkylation sites (N-methyl/N-ethyl adjacent to an activating group) is 1. The fourth-order valence-corrected chi connectivity index (χ4v) is 4.87. The molecule has 1 aromatic heterocycles. The zero-order valence-electron chi connectivity index (χ0n) is 15.4. The van der Waals surface area contributed by atoms with E-state index in [1.807, 2.05) is 46.6 Å². The van der Waals surface area contributed by atoms with E-state index in [1.54, 1.807) is 0 Å². The van der Waals surface area contributed by atoms with Crippen LogP contribution in [0.3, 0.4) is 0 Å². The van der Waals surface area contributed by atoms with Crippen molar-refractivity contribution in [3.8, 4) is 0 Å². The number of carbonyl (C=O) groups is 1. The number of benzene rings is 1. The van der Waals surface area contributed by atoms with Gasteiger partial charge in [0, 0.05) is 50.6 Å². The molecule has 6 heteroatoms. The van der Waals surface area contributed by atoms with Crippen LogP contribution < -0.4 is 4.90 Å². The highest BCUT2D eigenvalue weighted by atomic mass is 32.1. The fourth-order valence-electron chi connectivity index (χ4n) is 3.67. The number of anilines is 1. The molecule has 26 heavy (non-hydrogen) atoms. The van der Waals surface area contributed by atoms with Crippen molar-refractivity contribution in [3.63, 3.8) is 0 Å². The van der Waals surface area contributed by atoms with Crippen molar-refractivity contribution in [2.45, 2.75) is 26.3 Å². The predicted molar refractivity (Wildman–Crippen MR) is 106 cm³/mol. The third kappa shape index (κ3) is 3.76. The Morgan fingerprint density at radius 2 is 1.88 bits per heavy atom. The molecule has 0 bridgehead atoms. The molecule has 0 aliphatic carbocycles. The van der Waals surface area contributed by atoms with Crippen LogP contribution in [0.2, 0.25) is 0 Å². The molecule has 2 aliphatic rings. The Morgan fingerprint density at radius 3 is 2.62 bits per heavy atom. The largest absolute Gasteiger partial charge is 0.345 e. The lowest BCUT2D eigenvalue weighted by Gasteiger charge is -2.34. The van der Waals surface area contributed by atoms with Gasteiger partial charge in [-0.25, -0.2) is 4.98 Å². The van der Waals surface area contributed by atoms with Crippen molar-refractivity contribution in [2.24, 2.45) is 0 Å². The highest BCUT2D eigenvalue weighted by Gasteiger charge is 2.26. The Bertz CT molecular complexity index is 752. The number of piperazine rings is 1. The van der Waals surface area contributed by atoms with Gasteiger partial charge >= 0.3 is 0 Å². The van der Waals surface area contributed by atoms with Crippen LogP contribution in [0.4, 0.5) is 5.13 Å². The first kappa shape index (κ1) is 17.5. The fraction of sp³-hybridized carbons (Fsp3) is 0.500. The van der Waals surface area contributed by atoms with E-state index >= 15 is 0 Å². The van der Waals surface area contributed by atoms with Crippen LogP contribution in [0.1, 0.15) is 23.1 Å². The van der Waals surface area contributed by atoms with Gasteiger partial charge in [-0.05, 0) is 12.1 Å². The minimum absolute atomic E-state index is 0.230. The topological polar surface area (TPSA) is 39.7 Å². The third-order valence-corrected chi connectivity index (χ3v) is 6.49. The lowest BCUT2D eigenvalue weighted by molar-refractivity contribution is -0.130. The van der Waals surface area contributed by atoms with Crippen LogP contribution in [-0.2, 0) is 24.2 Å². The van der Waals surface area contributed by atoms with Gasteiger partial charge in [-0.2, -0.15) is 0 Å². The van der Waals surface area contributed by atoms with Crippen LogP contribution >= 0.6 is 11.3 Å². The number of amides is 1. The van der Waals surface area contributed by atoms with Gasteiger partial charge in [0.05, 0.1) is 12.1 Å². The normalized spacial score (nSPS) is 18.0. The summed E-state index contributed by atoms with van der Waals surface area (Å²) in [6.07, 6.45) is 1.56. The van der Waals surface area contributed by atoms with E-state index in [9.17, 15) is 4.79 Å². The lowest BCUT2D eigenvalue weighted by atomic mass is 10.1. The molecule has 0 N–H and O–H groups in total. The highest BCUT2D eigenvalue weighted by Crippen LogP contribution is 2.31. The molecule has 138 valence electrons. The maximum absolute atomic E-state index is 12.5. The number of thiazole rings is 1. The second-order valence-electron chi connectivity index (χ2n) is 7.02. The summed E-state index contributed by atoms with van der Waals surface area (Å²) < 4.78 is 0. The van der Waals surface area contributed by atoms with E-state index < -0.39 is 0 Å². The smallest absolute Gasteiger partial charge is 0.227 e. The SMILES string of the molecule is CCN1CCc2nc(N3CCN(C(=O)Cc4ccccc4)CC3)sc2C1. The predicted octanol–water partition coefficient (Wildman–Crippen LogP) is 2.41. The van der Waals surface area contributed by atoms with E-state index in [-0.39, 0.29) is 5.91 Å². The summed E-state index contributed by atoms with van der Waals surface area (Å²) in [7, 11) is 0. The van der Waals surface area contributed by atoms with E-state index in [0.717, 1.165) is 62.9 Å². The van der Waals surface area contributed by atoms with E-state index in [2.05, 4.69) is 16.7 Å². The van der Waals surface area contributed by atoms with Gasteiger partial charge in [0.2, 0.25) is 5.91 Å². The Balaban J connectivity index is 1.34. The van der Waals surface area contributed by atoms with Gasteiger partial charge in [0.15, 0.2) is 5.13 Å². The zero-order valence-corrected chi connectivity index (χ0v) is 16.2. The van der Waals surface area contributed by atoms with Crippen molar-refractivity contribution < 1.29 is 4.79 Å². The van der Waals surface area contributed by atoms with Gasteiger partial charge in [0.25, 0.3) is 0 Å². The van der Waals surface area contributed by atoms with Crippen molar-refractivity contribution in [1.82, 2.24) is 14.8 Å². The molecule has 0 saturated carbocycles. The number of fused-ring (bicyclic) bond motifs is 1. The second kappa shape index (κ2) is 7.76. The summed E-state index contributed by atoms with van der Waals surface area (Å²) in [5, 5.41) is 1.14. The summed E-state index contributed by atoms with van der Waals surface area (Å²) >= 11 is 1.84. The van der Waals surface area contributed by atoms with Crippen LogP contribution in [0.15, 0.2) is 30.3 Å². The zero-order chi connectivity index (χ0) is 17.9. The van der Waals surface area contributed by atoms with Gasteiger partial charge < -0.3 is 9.80 Å². The quantitative estimate of drug-likeness (QED) is 0.829. The minimum atomic E-state index is 0.230. The lowest BCUT2D eigenvalue weighted by Crippen LogP contribution is -2.49. The summed E-state index contributed by atoms with van der Waals surface area (Å²) in [5.41, 5.74) is 2.38. The van der Waals surface area contributed by atoms with E-state index in [4.69, 9.17) is 4.98 Å². The standard InChI is InChI=1S/C20H26N4OS/c1-2-22-9-8-17-18(15-22)26-20(21-17)24-12-10-23(11-13-24)19(25)14-16-6-4-3-5-7-16/h3-7H,2,8-15H2,1H3. The molecule has 1 fully saturated rings. The maximum Gasteiger partial charge on any atom is 0.227 e. The van der Waals surface area contributed by atoms with Gasteiger partial charge in [0.1, 0.15) is 0 Å². The first-order chi connectivity index (χ1) is 12.7. The molecule has 5 nitrogen and oxygen atoms in total. The maximum atomic E-state index is 12.5. The number of aromatic nitrogens is 1. The summed E-state index contributed by atoms with van der Waals surface area (Å²) in [5.74, 6) is 0.230. The number of rotatable bonds is 4. The van der Waals surface area contributed by atoms with Crippen molar-refractivity contribution in [3.05, 3.63) is 46.5 Å². The summed E-state index contributed by atoms with van der Waals surface area (Å²) in [6, 6.07) is 10.0. The van der Waals surface area contributed by atoms with E-state index in [1.165, 1.54) is 10.6 Å². The minimum Gasteiger partial charge on any atom is -0.345 e. The average Bonchev–Trinajstić information content (AvgIpc) is 3.12. The molecule has 0 atom stereocenters. The van der Waals surface area contributed by atoms with Gasteiger partial charge in [-0.3, -0.25) is 9.69 Å². The van der Waals surface area contributed by atoms with Crippen molar-refractivity contribution in [2.75, 3.05) is 44.2 Å². The molecule has 1 aromatic carbocycles. The Hall–Kier alpha value is -1.92. The second-order valence-corrected chi connectivity index (χ2v) is 8.08. The summed E-state index contributed by atoms with van der Waals surface area (Å²) in [4.78, 5) is 25.7.